The summed E-state index contributed by atoms with van der Waals surface area (Å²) in [6.07, 6.45) is 6.52. The number of hydrogen-bond acceptors (Lipinski definition) is 2. The highest BCUT2D eigenvalue weighted by Crippen LogP contribution is 2.17. The van der Waals surface area contributed by atoms with Gasteiger partial charge in [0, 0.05) is 13.1 Å². The summed E-state index contributed by atoms with van der Waals surface area (Å²) in [7, 11) is 1.82. The van der Waals surface area contributed by atoms with E-state index in [0.717, 1.165) is 18.3 Å². The normalized spacial score (nSPS) is 16.6. The lowest BCUT2D eigenvalue weighted by atomic mass is 9.96. The van der Waals surface area contributed by atoms with Crippen LogP contribution < -0.4 is 15.4 Å². The van der Waals surface area contributed by atoms with E-state index in [1.807, 2.05) is 19.2 Å². The zero-order valence-electron chi connectivity index (χ0n) is 13.2. The van der Waals surface area contributed by atoms with Crippen molar-refractivity contribution in [3.63, 3.8) is 0 Å². The number of aliphatic imine (C=N–C) groups is 1. The number of nitrogens with one attached hydrogen (secondary N) is 2. The van der Waals surface area contributed by atoms with Gasteiger partial charge < -0.3 is 15.4 Å². The van der Waals surface area contributed by atoms with E-state index in [1.165, 1.54) is 37.7 Å². The molecule has 0 unspecified atom stereocenters. The van der Waals surface area contributed by atoms with Crippen molar-refractivity contribution in [3.8, 4) is 5.75 Å². The van der Waals surface area contributed by atoms with Crippen molar-refractivity contribution in [2.45, 2.75) is 45.1 Å². The van der Waals surface area contributed by atoms with Crippen molar-refractivity contribution in [1.82, 2.24) is 10.6 Å². The molecule has 1 aromatic rings. The summed E-state index contributed by atoms with van der Waals surface area (Å²) < 4.78 is 5.70. The summed E-state index contributed by atoms with van der Waals surface area (Å²) in [6, 6.07) is 8.70. The first-order valence-corrected chi connectivity index (χ1v) is 7.94. The van der Waals surface area contributed by atoms with Gasteiger partial charge in [0.2, 0.25) is 0 Å². The molecule has 0 radical (unpaired) electrons. The summed E-state index contributed by atoms with van der Waals surface area (Å²) in [5.41, 5.74) is 1.25. The molecule has 1 aromatic carbocycles. The molecule has 4 nitrogen and oxygen atoms in total. The standard InChI is InChI=1S/C17H27N3O/c1-14-8-10-16(11-9-14)21-13-12-19-17(18-2)20-15-6-4-3-5-7-15/h8-11,15H,3-7,12-13H2,1-2H3,(H2,18,19,20). The van der Waals surface area contributed by atoms with Gasteiger partial charge in [0.15, 0.2) is 5.96 Å². The zero-order valence-corrected chi connectivity index (χ0v) is 13.2. The Balaban J connectivity index is 1.65. The number of guanidine groups is 1. The molecule has 0 spiro atoms. The van der Waals surface area contributed by atoms with Crippen molar-refractivity contribution >= 4 is 5.96 Å². The number of hydrogen-bond donors (Lipinski definition) is 2. The van der Waals surface area contributed by atoms with E-state index in [-0.39, 0.29) is 0 Å². The van der Waals surface area contributed by atoms with Crippen LogP contribution in [0.3, 0.4) is 0 Å². The van der Waals surface area contributed by atoms with E-state index in [4.69, 9.17) is 4.74 Å². The minimum absolute atomic E-state index is 0.572. The Bertz CT molecular complexity index is 436. The van der Waals surface area contributed by atoms with Gasteiger partial charge in [0.05, 0.1) is 6.54 Å². The third kappa shape index (κ3) is 5.66. The first-order valence-electron chi connectivity index (χ1n) is 7.94. The molecular weight excluding hydrogens is 262 g/mol. The molecule has 0 bridgehead atoms. The fraction of sp³-hybridized carbons (Fsp3) is 0.588. The average molecular weight is 289 g/mol. The third-order valence-electron chi connectivity index (χ3n) is 3.85. The smallest absolute Gasteiger partial charge is 0.191 e. The van der Waals surface area contributed by atoms with Crippen LogP contribution in [0.15, 0.2) is 29.3 Å². The van der Waals surface area contributed by atoms with Gasteiger partial charge in [0.1, 0.15) is 12.4 Å². The van der Waals surface area contributed by atoms with Gasteiger partial charge >= 0.3 is 0 Å². The second-order valence-electron chi connectivity index (χ2n) is 5.64. The van der Waals surface area contributed by atoms with Crippen molar-refractivity contribution in [2.24, 2.45) is 4.99 Å². The number of ether oxygens (including phenoxy) is 1. The highest BCUT2D eigenvalue weighted by atomic mass is 16.5. The molecule has 0 aromatic heterocycles. The highest BCUT2D eigenvalue weighted by Gasteiger charge is 2.14. The van der Waals surface area contributed by atoms with E-state index in [1.54, 1.807) is 0 Å². The molecule has 1 aliphatic rings. The van der Waals surface area contributed by atoms with Crippen LogP contribution in [0, 0.1) is 6.92 Å². The molecule has 1 saturated carbocycles. The Hall–Kier alpha value is -1.71. The van der Waals surface area contributed by atoms with Crippen LogP contribution in [0.4, 0.5) is 0 Å². The van der Waals surface area contributed by atoms with Crippen LogP contribution >= 0.6 is 0 Å². The van der Waals surface area contributed by atoms with E-state index in [9.17, 15) is 0 Å². The molecule has 0 saturated heterocycles. The van der Waals surface area contributed by atoms with Gasteiger partial charge in [-0.3, -0.25) is 4.99 Å². The Morgan fingerprint density at radius 1 is 1.19 bits per heavy atom. The molecule has 1 fully saturated rings. The molecular formula is C17H27N3O. The third-order valence-corrected chi connectivity index (χ3v) is 3.85. The maximum Gasteiger partial charge on any atom is 0.191 e. The minimum atomic E-state index is 0.572. The summed E-state index contributed by atoms with van der Waals surface area (Å²) in [6.45, 7) is 3.46. The predicted molar refractivity (Wildman–Crippen MR) is 88.0 cm³/mol. The Morgan fingerprint density at radius 2 is 1.90 bits per heavy atom. The first-order chi connectivity index (χ1) is 10.3. The van der Waals surface area contributed by atoms with E-state index in [0.29, 0.717) is 12.6 Å². The first kappa shape index (κ1) is 15.7. The molecule has 0 aliphatic heterocycles. The van der Waals surface area contributed by atoms with Crippen LogP contribution in [0.25, 0.3) is 0 Å². The fourth-order valence-electron chi connectivity index (χ4n) is 2.61. The largest absolute Gasteiger partial charge is 0.492 e. The second kappa shape index (κ2) is 8.55. The molecule has 116 valence electrons. The fourth-order valence-corrected chi connectivity index (χ4v) is 2.61. The second-order valence-corrected chi connectivity index (χ2v) is 5.64. The lowest BCUT2D eigenvalue weighted by molar-refractivity contribution is 0.321. The van der Waals surface area contributed by atoms with E-state index in [2.05, 4.69) is 34.7 Å². The maximum atomic E-state index is 5.70. The molecule has 21 heavy (non-hydrogen) atoms. The monoisotopic (exact) mass is 289 g/mol. The van der Waals surface area contributed by atoms with Crippen molar-refractivity contribution in [1.29, 1.82) is 0 Å². The predicted octanol–water partition coefficient (Wildman–Crippen LogP) is 2.87. The van der Waals surface area contributed by atoms with Crippen molar-refractivity contribution < 1.29 is 4.74 Å². The minimum Gasteiger partial charge on any atom is -0.492 e. The Morgan fingerprint density at radius 3 is 2.57 bits per heavy atom. The molecule has 0 heterocycles. The summed E-state index contributed by atoms with van der Waals surface area (Å²) in [4.78, 5) is 4.28. The van der Waals surface area contributed by atoms with Gasteiger partial charge in [-0.2, -0.15) is 0 Å². The lowest BCUT2D eigenvalue weighted by Crippen LogP contribution is -2.45. The number of aryl methyl sites for hydroxylation is 1. The Kier molecular flexibility index (Phi) is 6.38. The van der Waals surface area contributed by atoms with Crippen molar-refractivity contribution in [3.05, 3.63) is 29.8 Å². The molecule has 2 N–H and O–H groups in total. The van der Waals surface area contributed by atoms with Crippen LogP contribution in [-0.4, -0.2) is 32.2 Å². The quantitative estimate of drug-likeness (QED) is 0.498. The van der Waals surface area contributed by atoms with Gasteiger partial charge in [-0.1, -0.05) is 37.0 Å². The lowest BCUT2D eigenvalue weighted by Gasteiger charge is -2.24. The van der Waals surface area contributed by atoms with Gasteiger partial charge in [-0.15, -0.1) is 0 Å². The number of rotatable bonds is 5. The summed E-state index contributed by atoms with van der Waals surface area (Å²) in [5.74, 6) is 1.80. The van der Waals surface area contributed by atoms with Gasteiger partial charge in [-0.05, 0) is 31.9 Å². The van der Waals surface area contributed by atoms with Crippen LogP contribution in [-0.2, 0) is 0 Å². The molecule has 2 rings (SSSR count). The summed E-state index contributed by atoms with van der Waals surface area (Å²) >= 11 is 0. The van der Waals surface area contributed by atoms with Crippen LogP contribution in [0.1, 0.15) is 37.7 Å². The maximum absolute atomic E-state index is 5.70. The van der Waals surface area contributed by atoms with Crippen LogP contribution in [0.5, 0.6) is 5.75 Å². The Labute approximate surface area is 128 Å². The van der Waals surface area contributed by atoms with E-state index >= 15 is 0 Å². The molecule has 0 amide bonds. The molecule has 4 heteroatoms. The van der Waals surface area contributed by atoms with Gasteiger partial charge in [-0.25, -0.2) is 0 Å². The SMILES string of the molecule is CN=C(NCCOc1ccc(C)cc1)NC1CCCCC1. The zero-order chi connectivity index (χ0) is 14.9. The number of benzene rings is 1. The van der Waals surface area contributed by atoms with Crippen molar-refractivity contribution in [2.75, 3.05) is 20.2 Å². The summed E-state index contributed by atoms with van der Waals surface area (Å²) in [5, 5.41) is 6.81. The van der Waals surface area contributed by atoms with Crippen LogP contribution in [0.2, 0.25) is 0 Å². The molecule has 0 atom stereocenters. The highest BCUT2D eigenvalue weighted by molar-refractivity contribution is 5.79. The average Bonchev–Trinajstić information content (AvgIpc) is 2.53. The van der Waals surface area contributed by atoms with Gasteiger partial charge in [0.25, 0.3) is 0 Å². The molecule has 1 aliphatic carbocycles. The number of nitrogens with zero attached hydrogens (tertiary/aromatic N) is 1. The topological polar surface area (TPSA) is 45.7 Å². The van der Waals surface area contributed by atoms with E-state index < -0.39 is 0 Å².